The van der Waals surface area contributed by atoms with Gasteiger partial charge in [-0.05, 0) is 68.7 Å². The lowest BCUT2D eigenvalue weighted by molar-refractivity contribution is -0.116. The molecule has 1 aliphatic heterocycles. The van der Waals surface area contributed by atoms with Gasteiger partial charge in [-0.2, -0.15) is 9.40 Å². The van der Waals surface area contributed by atoms with Crippen LogP contribution in [0.25, 0.3) is 16.7 Å². The van der Waals surface area contributed by atoms with Gasteiger partial charge >= 0.3 is 0 Å². The van der Waals surface area contributed by atoms with Crippen molar-refractivity contribution in [3.05, 3.63) is 82.3 Å². The van der Waals surface area contributed by atoms with Crippen LogP contribution in [0.5, 0.6) is 0 Å². The fourth-order valence-corrected chi connectivity index (χ4v) is 6.73. The largest absolute Gasteiger partial charge is 0.326 e. The molecule has 0 atom stereocenters. The zero-order valence-corrected chi connectivity index (χ0v) is 23.1. The highest BCUT2D eigenvalue weighted by Gasteiger charge is 2.25. The van der Waals surface area contributed by atoms with Crippen LogP contribution in [0.1, 0.15) is 43.4 Å². The Morgan fingerprint density at radius 3 is 2.28 bits per heavy atom. The van der Waals surface area contributed by atoms with E-state index in [1.807, 2.05) is 44.2 Å². The molecule has 1 aliphatic rings. The lowest BCUT2D eigenvalue weighted by atomic mass is 10.1. The van der Waals surface area contributed by atoms with E-state index in [2.05, 4.69) is 10.4 Å². The Kier molecular flexibility index (Phi) is 7.67. The molecule has 204 valence electrons. The Hall–Kier alpha value is -3.76. The number of hydrogen-bond donors (Lipinski definition) is 1. The Morgan fingerprint density at radius 2 is 1.62 bits per heavy atom. The van der Waals surface area contributed by atoms with Crippen molar-refractivity contribution in [1.82, 2.24) is 18.7 Å². The summed E-state index contributed by atoms with van der Waals surface area (Å²) in [5.74, 6) is -0.277. The van der Waals surface area contributed by atoms with Crippen LogP contribution in [0, 0.1) is 13.8 Å². The average Bonchev–Trinajstić information content (AvgIpc) is 3.08. The van der Waals surface area contributed by atoms with Crippen molar-refractivity contribution >= 4 is 32.7 Å². The second-order valence-corrected chi connectivity index (χ2v) is 11.9. The molecule has 2 aromatic heterocycles. The summed E-state index contributed by atoms with van der Waals surface area (Å²) in [6.07, 6.45) is 3.90. The summed E-state index contributed by atoms with van der Waals surface area (Å²) in [6.45, 7) is 5.04. The summed E-state index contributed by atoms with van der Waals surface area (Å²) >= 11 is 0. The maximum Gasteiger partial charge on any atom is 0.252 e. The molecular formula is C29H33N5O4S. The van der Waals surface area contributed by atoms with Crippen molar-refractivity contribution in [3.63, 3.8) is 0 Å². The molecule has 4 aromatic rings. The molecule has 0 saturated carbocycles. The van der Waals surface area contributed by atoms with Crippen LogP contribution in [-0.4, -0.2) is 46.1 Å². The number of hydrogen-bond acceptors (Lipinski definition) is 5. The minimum Gasteiger partial charge on any atom is -0.326 e. The van der Waals surface area contributed by atoms with Gasteiger partial charge in [0, 0.05) is 43.2 Å². The van der Waals surface area contributed by atoms with E-state index in [1.165, 1.54) is 12.1 Å². The summed E-state index contributed by atoms with van der Waals surface area (Å²) in [5, 5.41) is 8.40. The molecule has 0 aliphatic carbocycles. The molecule has 9 nitrogen and oxygen atoms in total. The van der Waals surface area contributed by atoms with Gasteiger partial charge in [-0.1, -0.05) is 31.0 Å². The molecule has 1 fully saturated rings. The van der Waals surface area contributed by atoms with Gasteiger partial charge in [0.25, 0.3) is 5.56 Å². The number of anilines is 1. The predicted octanol–water partition coefficient (Wildman–Crippen LogP) is 4.40. The summed E-state index contributed by atoms with van der Waals surface area (Å²) in [6, 6.07) is 17.4. The first-order chi connectivity index (χ1) is 18.8. The van der Waals surface area contributed by atoms with Crippen molar-refractivity contribution in [2.75, 3.05) is 18.4 Å². The number of aromatic nitrogens is 3. The van der Waals surface area contributed by atoms with Crippen molar-refractivity contribution in [3.8, 4) is 5.69 Å². The number of amides is 1. The highest BCUT2D eigenvalue weighted by molar-refractivity contribution is 7.89. The third kappa shape index (κ3) is 5.53. The molecule has 0 unspecified atom stereocenters. The number of pyridine rings is 1. The van der Waals surface area contributed by atoms with Crippen molar-refractivity contribution in [2.45, 2.75) is 57.4 Å². The number of benzene rings is 2. The maximum absolute atomic E-state index is 13.0. The second kappa shape index (κ2) is 11.2. The highest BCUT2D eigenvalue weighted by Crippen LogP contribution is 2.25. The van der Waals surface area contributed by atoms with Gasteiger partial charge in [0.05, 0.1) is 16.3 Å². The van der Waals surface area contributed by atoms with Gasteiger partial charge in [-0.3, -0.25) is 14.2 Å². The summed E-state index contributed by atoms with van der Waals surface area (Å²) < 4.78 is 30.9. The molecule has 1 N–H and O–H groups in total. The SMILES string of the molecule is Cc1cc(=O)n(CCC(=O)Nc2ccc(S(=O)(=O)N3CCCCCC3)cc2)c2c1c(C)nn2-c1ccccc1. The van der Waals surface area contributed by atoms with Gasteiger partial charge in [0.15, 0.2) is 0 Å². The average molecular weight is 548 g/mol. The van der Waals surface area contributed by atoms with Crippen LogP contribution >= 0.6 is 0 Å². The molecule has 2 aromatic carbocycles. The predicted molar refractivity (Wildman–Crippen MR) is 152 cm³/mol. The monoisotopic (exact) mass is 547 g/mol. The topological polar surface area (TPSA) is 106 Å². The van der Waals surface area contributed by atoms with E-state index in [0.29, 0.717) is 24.4 Å². The van der Waals surface area contributed by atoms with Crippen molar-refractivity contribution in [1.29, 1.82) is 0 Å². The number of sulfonamides is 1. The number of nitrogens with zero attached hydrogens (tertiary/aromatic N) is 4. The van der Waals surface area contributed by atoms with E-state index < -0.39 is 10.0 Å². The van der Waals surface area contributed by atoms with E-state index in [4.69, 9.17) is 0 Å². The van der Waals surface area contributed by atoms with Crippen LogP contribution in [0.4, 0.5) is 5.69 Å². The number of rotatable bonds is 7. The molecule has 10 heteroatoms. The standard InChI is InChI=1S/C29H33N5O4S/c1-21-20-27(36)33(29-28(21)22(2)31-34(29)24-10-6-5-7-11-24)19-16-26(35)30-23-12-14-25(15-13-23)39(37,38)32-17-8-3-4-9-18-32/h5-7,10-15,20H,3-4,8-9,16-19H2,1-2H3,(H,30,35). The Bertz CT molecular complexity index is 1650. The van der Waals surface area contributed by atoms with E-state index >= 15 is 0 Å². The van der Waals surface area contributed by atoms with E-state index in [-0.39, 0.29) is 29.3 Å². The Balaban J connectivity index is 1.33. The van der Waals surface area contributed by atoms with Gasteiger partial charge in [-0.15, -0.1) is 0 Å². The quantitative estimate of drug-likeness (QED) is 0.369. The lowest BCUT2D eigenvalue weighted by Gasteiger charge is -2.20. The van der Waals surface area contributed by atoms with Crippen molar-refractivity contribution in [2.24, 2.45) is 0 Å². The van der Waals surface area contributed by atoms with E-state index in [0.717, 1.165) is 48.0 Å². The van der Waals surface area contributed by atoms with Crippen molar-refractivity contribution < 1.29 is 13.2 Å². The number of para-hydroxylation sites is 1. The minimum absolute atomic E-state index is 0.0604. The Labute approximate surface area is 228 Å². The van der Waals surface area contributed by atoms with Gasteiger partial charge in [0.1, 0.15) is 5.65 Å². The molecule has 3 heterocycles. The van der Waals surface area contributed by atoms with Crippen LogP contribution < -0.4 is 10.9 Å². The number of fused-ring (bicyclic) bond motifs is 1. The van der Waals surface area contributed by atoms with Crippen LogP contribution in [-0.2, 0) is 21.4 Å². The normalized spacial score (nSPS) is 14.8. The molecule has 0 radical (unpaired) electrons. The lowest BCUT2D eigenvalue weighted by Crippen LogP contribution is -2.31. The number of aryl methyl sites for hydroxylation is 3. The first kappa shape index (κ1) is 26.8. The second-order valence-electron chi connectivity index (χ2n) is 9.99. The number of carbonyl (C=O) groups excluding carboxylic acids is 1. The Morgan fingerprint density at radius 1 is 0.949 bits per heavy atom. The maximum atomic E-state index is 13.0. The minimum atomic E-state index is -3.56. The van der Waals surface area contributed by atoms with Crippen LogP contribution in [0.2, 0.25) is 0 Å². The molecule has 39 heavy (non-hydrogen) atoms. The van der Waals surface area contributed by atoms with Gasteiger partial charge in [0.2, 0.25) is 15.9 Å². The van der Waals surface area contributed by atoms with Gasteiger partial charge in [-0.25, -0.2) is 13.1 Å². The summed E-state index contributed by atoms with van der Waals surface area (Å²) in [4.78, 5) is 26.1. The molecule has 5 rings (SSSR count). The molecule has 0 bridgehead atoms. The first-order valence-corrected chi connectivity index (χ1v) is 14.7. The van der Waals surface area contributed by atoms with Crippen LogP contribution in [0.3, 0.4) is 0 Å². The molecule has 1 amide bonds. The van der Waals surface area contributed by atoms with E-state index in [9.17, 15) is 18.0 Å². The smallest absolute Gasteiger partial charge is 0.252 e. The third-order valence-corrected chi connectivity index (χ3v) is 9.11. The zero-order chi connectivity index (χ0) is 27.6. The molecule has 1 saturated heterocycles. The summed E-state index contributed by atoms with van der Waals surface area (Å²) in [7, 11) is -3.56. The highest BCUT2D eigenvalue weighted by atomic mass is 32.2. The van der Waals surface area contributed by atoms with Crippen LogP contribution in [0.15, 0.2) is 70.4 Å². The fourth-order valence-electron chi connectivity index (χ4n) is 5.21. The number of carbonyl (C=O) groups is 1. The molecular weight excluding hydrogens is 514 g/mol. The zero-order valence-electron chi connectivity index (χ0n) is 22.3. The number of nitrogens with one attached hydrogen (secondary N) is 1. The van der Waals surface area contributed by atoms with Gasteiger partial charge < -0.3 is 5.32 Å². The molecule has 0 spiro atoms. The summed E-state index contributed by atoms with van der Waals surface area (Å²) in [5.41, 5.74) is 3.42. The van der Waals surface area contributed by atoms with E-state index in [1.54, 1.807) is 31.8 Å². The third-order valence-electron chi connectivity index (χ3n) is 7.20. The first-order valence-electron chi connectivity index (χ1n) is 13.3. The fraction of sp³-hybridized carbons (Fsp3) is 0.345.